The number of halogens is 1. The summed E-state index contributed by atoms with van der Waals surface area (Å²) in [4.78, 5) is 13.7. The number of Topliss-reactive ketones (excluding diaryl/α,β-unsaturated/α-hetero) is 1. The molecule has 2 N–H and O–H groups in total. The Hall–Kier alpha value is -1.65. The van der Waals surface area contributed by atoms with E-state index in [1.54, 1.807) is 12.1 Å². The molecule has 1 aliphatic rings. The van der Waals surface area contributed by atoms with Crippen molar-refractivity contribution in [3.63, 3.8) is 0 Å². The number of phenols is 2. The molecule has 0 radical (unpaired) electrons. The van der Waals surface area contributed by atoms with Crippen LogP contribution < -0.4 is 0 Å². The van der Waals surface area contributed by atoms with E-state index in [1.165, 1.54) is 23.9 Å². The van der Waals surface area contributed by atoms with Gasteiger partial charge in [-0.25, -0.2) is 0 Å². The van der Waals surface area contributed by atoms with Gasteiger partial charge in [0.25, 0.3) is 0 Å². The Labute approximate surface area is 118 Å². The number of ketones is 1. The van der Waals surface area contributed by atoms with E-state index in [9.17, 15) is 15.0 Å². The van der Waals surface area contributed by atoms with Gasteiger partial charge in [-0.1, -0.05) is 23.4 Å². The molecule has 3 rings (SSSR count). The number of fused-ring (bicyclic) bond motifs is 2. The first-order chi connectivity index (χ1) is 9.04. The second kappa shape index (κ2) is 4.47. The van der Waals surface area contributed by atoms with Crippen LogP contribution in [0.5, 0.6) is 11.5 Å². The summed E-state index contributed by atoms with van der Waals surface area (Å²) in [5.74, 6) is -0.429. The molecule has 0 aromatic heterocycles. The predicted octanol–water partition coefficient (Wildman–Crippen LogP) is 3.64. The van der Waals surface area contributed by atoms with Crippen molar-refractivity contribution in [2.24, 2.45) is 0 Å². The molecule has 0 spiro atoms. The van der Waals surface area contributed by atoms with Crippen LogP contribution in [0.25, 0.3) is 0 Å². The highest BCUT2D eigenvalue weighted by molar-refractivity contribution is 7.99. The van der Waals surface area contributed by atoms with E-state index in [-0.39, 0.29) is 29.3 Å². The highest BCUT2D eigenvalue weighted by Crippen LogP contribution is 2.42. The minimum atomic E-state index is -0.189. The van der Waals surface area contributed by atoms with Gasteiger partial charge < -0.3 is 10.2 Å². The maximum absolute atomic E-state index is 12.2. The van der Waals surface area contributed by atoms with Crippen molar-refractivity contribution >= 4 is 29.1 Å². The molecule has 0 fully saturated rings. The quantitative estimate of drug-likeness (QED) is 0.778. The zero-order chi connectivity index (χ0) is 13.6. The van der Waals surface area contributed by atoms with Crippen molar-refractivity contribution in [2.75, 3.05) is 0 Å². The predicted molar refractivity (Wildman–Crippen MR) is 73.4 cm³/mol. The van der Waals surface area contributed by atoms with Gasteiger partial charge in [0.1, 0.15) is 11.5 Å². The first-order valence-corrected chi connectivity index (χ1v) is 6.79. The maximum Gasteiger partial charge on any atom is 0.172 e. The summed E-state index contributed by atoms with van der Waals surface area (Å²) >= 11 is 7.28. The van der Waals surface area contributed by atoms with Crippen LogP contribution in [-0.4, -0.2) is 16.0 Å². The summed E-state index contributed by atoms with van der Waals surface area (Å²) in [5.41, 5.74) is 1.09. The van der Waals surface area contributed by atoms with Crippen LogP contribution in [0, 0.1) is 0 Å². The Morgan fingerprint density at radius 3 is 2.68 bits per heavy atom. The van der Waals surface area contributed by atoms with Crippen LogP contribution in [0.3, 0.4) is 0 Å². The maximum atomic E-state index is 12.2. The number of hydrogen-bond acceptors (Lipinski definition) is 4. The van der Waals surface area contributed by atoms with E-state index in [4.69, 9.17) is 11.6 Å². The monoisotopic (exact) mass is 292 g/mol. The first kappa shape index (κ1) is 12.4. The van der Waals surface area contributed by atoms with E-state index in [0.29, 0.717) is 9.92 Å². The van der Waals surface area contributed by atoms with Crippen molar-refractivity contribution < 1.29 is 15.0 Å². The third-order valence-corrected chi connectivity index (χ3v) is 4.33. The molecule has 2 aromatic rings. The molecular formula is C14H9ClO3S. The Morgan fingerprint density at radius 1 is 1.11 bits per heavy atom. The molecule has 3 nitrogen and oxygen atoms in total. The van der Waals surface area contributed by atoms with Gasteiger partial charge in [0.2, 0.25) is 0 Å². The molecule has 2 aromatic carbocycles. The van der Waals surface area contributed by atoms with E-state index in [2.05, 4.69) is 0 Å². The van der Waals surface area contributed by atoms with Crippen LogP contribution >= 0.6 is 23.4 Å². The van der Waals surface area contributed by atoms with Crippen molar-refractivity contribution in [3.05, 3.63) is 46.5 Å². The molecule has 0 bridgehead atoms. The first-order valence-electron chi connectivity index (χ1n) is 5.60. The number of aromatic hydroxyl groups is 2. The SMILES string of the molecule is O=C1Cc2cc(Cl)ccc2Sc2cc(O)cc(O)c21. The van der Waals surface area contributed by atoms with Gasteiger partial charge in [0.05, 0.1) is 5.56 Å². The number of rotatable bonds is 0. The molecule has 0 atom stereocenters. The fourth-order valence-corrected chi connectivity index (χ4v) is 3.44. The Kier molecular flexibility index (Phi) is 2.92. The van der Waals surface area contributed by atoms with Gasteiger partial charge in [-0.05, 0) is 29.8 Å². The minimum absolute atomic E-state index is 0.0611. The largest absolute Gasteiger partial charge is 0.508 e. The van der Waals surface area contributed by atoms with E-state index in [0.717, 1.165) is 10.5 Å². The average molecular weight is 293 g/mol. The van der Waals surface area contributed by atoms with E-state index >= 15 is 0 Å². The molecule has 0 unspecified atom stereocenters. The molecule has 1 aliphatic heterocycles. The highest BCUT2D eigenvalue weighted by atomic mass is 35.5. The van der Waals surface area contributed by atoms with Crippen LogP contribution in [0.1, 0.15) is 15.9 Å². The molecular weight excluding hydrogens is 284 g/mol. The van der Waals surface area contributed by atoms with Crippen molar-refractivity contribution in [3.8, 4) is 11.5 Å². The van der Waals surface area contributed by atoms with Crippen LogP contribution in [0.4, 0.5) is 0 Å². The Balaban J connectivity index is 2.21. The molecule has 0 aliphatic carbocycles. The number of hydrogen-bond donors (Lipinski definition) is 2. The number of phenolic OH excluding ortho intramolecular Hbond substituents is 2. The Morgan fingerprint density at radius 2 is 1.89 bits per heavy atom. The van der Waals surface area contributed by atoms with Crippen molar-refractivity contribution in [1.82, 2.24) is 0 Å². The molecule has 0 saturated heterocycles. The van der Waals surface area contributed by atoms with Crippen LogP contribution in [-0.2, 0) is 6.42 Å². The fourth-order valence-electron chi connectivity index (χ4n) is 2.11. The van der Waals surface area contributed by atoms with Crippen molar-refractivity contribution in [1.29, 1.82) is 0 Å². The van der Waals surface area contributed by atoms with E-state index < -0.39 is 0 Å². The zero-order valence-corrected chi connectivity index (χ0v) is 11.3. The van der Waals surface area contributed by atoms with Gasteiger partial charge in [-0.3, -0.25) is 4.79 Å². The Bertz CT molecular complexity index is 697. The molecule has 96 valence electrons. The second-order valence-electron chi connectivity index (χ2n) is 4.29. The van der Waals surface area contributed by atoms with Crippen LogP contribution in [0.15, 0.2) is 40.1 Å². The normalized spacial score (nSPS) is 13.6. The van der Waals surface area contributed by atoms with E-state index in [1.807, 2.05) is 6.07 Å². The number of carbonyl (C=O) groups is 1. The summed E-state index contributed by atoms with van der Waals surface area (Å²) < 4.78 is 0. The smallest absolute Gasteiger partial charge is 0.172 e. The summed E-state index contributed by atoms with van der Waals surface area (Å²) in [6, 6.07) is 8.02. The standard InChI is InChI=1S/C14H9ClO3S/c15-8-1-2-12-7(3-8)4-10(17)14-11(18)5-9(16)6-13(14)19-12/h1-3,5-6,16,18H,4H2. The zero-order valence-electron chi connectivity index (χ0n) is 9.68. The number of benzene rings is 2. The summed E-state index contributed by atoms with van der Waals surface area (Å²) in [6.07, 6.45) is 0.189. The van der Waals surface area contributed by atoms with Gasteiger partial charge >= 0.3 is 0 Å². The molecule has 0 saturated carbocycles. The van der Waals surface area contributed by atoms with Crippen LogP contribution in [0.2, 0.25) is 5.02 Å². The lowest BCUT2D eigenvalue weighted by Gasteiger charge is -2.07. The third kappa shape index (κ3) is 2.17. The average Bonchev–Trinajstić information content (AvgIpc) is 2.44. The molecule has 19 heavy (non-hydrogen) atoms. The third-order valence-electron chi connectivity index (χ3n) is 2.94. The summed E-state index contributed by atoms with van der Waals surface area (Å²) in [6.45, 7) is 0. The minimum Gasteiger partial charge on any atom is -0.508 e. The highest BCUT2D eigenvalue weighted by Gasteiger charge is 2.24. The van der Waals surface area contributed by atoms with Gasteiger partial charge in [0.15, 0.2) is 5.78 Å². The molecule has 5 heteroatoms. The van der Waals surface area contributed by atoms with Crippen molar-refractivity contribution in [2.45, 2.75) is 16.2 Å². The molecule has 0 amide bonds. The number of carbonyl (C=O) groups excluding carboxylic acids is 1. The lowest BCUT2D eigenvalue weighted by Crippen LogP contribution is -2.03. The lowest BCUT2D eigenvalue weighted by atomic mass is 10.0. The molecule has 1 heterocycles. The summed E-state index contributed by atoms with van der Waals surface area (Å²) in [7, 11) is 0. The fraction of sp³-hybridized carbons (Fsp3) is 0.0714. The summed E-state index contributed by atoms with van der Waals surface area (Å²) in [5, 5.41) is 20.0. The lowest BCUT2D eigenvalue weighted by molar-refractivity contribution is 0.0987. The second-order valence-corrected chi connectivity index (χ2v) is 5.81. The van der Waals surface area contributed by atoms with Gasteiger partial charge in [-0.2, -0.15) is 0 Å². The van der Waals surface area contributed by atoms with Gasteiger partial charge in [-0.15, -0.1) is 0 Å². The van der Waals surface area contributed by atoms with Gasteiger partial charge in [0, 0.05) is 27.3 Å². The topological polar surface area (TPSA) is 57.5 Å².